The maximum absolute atomic E-state index is 11.1. The topological polar surface area (TPSA) is 66.2 Å². The zero-order chi connectivity index (χ0) is 21.7. The zero-order valence-electron chi connectivity index (χ0n) is 18.2. The Morgan fingerprint density at radius 3 is 2.35 bits per heavy atom. The third-order valence-electron chi connectivity index (χ3n) is 5.28. The van der Waals surface area contributed by atoms with Gasteiger partial charge in [-0.2, -0.15) is 5.10 Å². The van der Waals surface area contributed by atoms with Crippen LogP contribution in [-0.2, 0) is 20.8 Å². The molecule has 0 N–H and O–H groups in total. The van der Waals surface area contributed by atoms with Crippen molar-refractivity contribution in [3.05, 3.63) is 72.8 Å². The lowest BCUT2D eigenvalue weighted by Crippen LogP contribution is -2.14. The van der Waals surface area contributed by atoms with Crippen LogP contribution in [-0.4, -0.2) is 34.5 Å². The summed E-state index contributed by atoms with van der Waals surface area (Å²) in [6, 6.07) is 18.9. The van der Waals surface area contributed by atoms with Crippen molar-refractivity contribution in [3.63, 3.8) is 0 Å². The van der Waals surface area contributed by atoms with Crippen LogP contribution in [0.25, 0.3) is 11.1 Å². The van der Waals surface area contributed by atoms with E-state index in [-0.39, 0.29) is 12.1 Å². The fraction of sp³-hybridized carbons (Fsp3) is 0.400. The quantitative estimate of drug-likeness (QED) is 0.280. The molecule has 0 radical (unpaired) electrons. The highest BCUT2D eigenvalue weighted by atomic mass is 16.5. The van der Waals surface area contributed by atoms with Gasteiger partial charge in [0.2, 0.25) is 0 Å². The van der Waals surface area contributed by atoms with Crippen molar-refractivity contribution >= 4 is 5.97 Å². The summed E-state index contributed by atoms with van der Waals surface area (Å²) < 4.78 is 12.7. The van der Waals surface area contributed by atoms with Gasteiger partial charge in [0.1, 0.15) is 18.8 Å². The van der Waals surface area contributed by atoms with Crippen LogP contribution in [0, 0.1) is 0 Å². The minimum absolute atomic E-state index is 0.0779. The molecule has 2 aromatic carbocycles. The molecule has 3 rings (SSSR count). The Labute approximate surface area is 184 Å². The molecule has 3 aromatic rings. The summed E-state index contributed by atoms with van der Waals surface area (Å²) in [5.74, 6) is -0.127. The minimum atomic E-state index is -0.127. The third kappa shape index (κ3) is 7.64. The van der Waals surface area contributed by atoms with Crippen LogP contribution in [0.5, 0.6) is 0 Å². The first-order valence-corrected chi connectivity index (χ1v) is 10.9. The van der Waals surface area contributed by atoms with Gasteiger partial charge in [-0.05, 0) is 29.5 Å². The number of benzene rings is 2. The predicted molar refractivity (Wildman–Crippen MR) is 120 cm³/mol. The summed E-state index contributed by atoms with van der Waals surface area (Å²) in [5, 5.41) is 4.23. The first-order valence-electron chi connectivity index (χ1n) is 10.9. The number of hydrogen-bond donors (Lipinski definition) is 0. The Morgan fingerprint density at radius 2 is 1.65 bits per heavy atom. The highest BCUT2D eigenvalue weighted by Gasteiger charge is 2.14. The molecule has 1 heterocycles. The van der Waals surface area contributed by atoms with E-state index in [1.54, 1.807) is 12.7 Å². The van der Waals surface area contributed by atoms with Crippen LogP contribution in [0.4, 0.5) is 0 Å². The Morgan fingerprint density at radius 1 is 0.935 bits per heavy atom. The van der Waals surface area contributed by atoms with Gasteiger partial charge in [-0.15, -0.1) is 0 Å². The van der Waals surface area contributed by atoms with Crippen molar-refractivity contribution in [2.24, 2.45) is 0 Å². The van der Waals surface area contributed by atoms with Crippen LogP contribution in [0.2, 0.25) is 0 Å². The van der Waals surface area contributed by atoms with E-state index in [0.717, 1.165) is 37.7 Å². The molecule has 0 aliphatic rings. The zero-order valence-corrected chi connectivity index (χ0v) is 18.2. The fourth-order valence-electron chi connectivity index (χ4n) is 3.50. The molecular formula is C25H31N3O3. The monoisotopic (exact) mass is 421 g/mol. The standard InChI is InChI=1S/C25H31N3O3/c1-30-25(29)12-8-3-2-4-9-17-31-24(18-28-20-26-19-27-28)23-15-13-22(14-16-23)21-10-6-5-7-11-21/h5-7,10-11,13-16,19-20,24H,2-4,8-9,12,17-18H2,1H3. The molecule has 6 nitrogen and oxygen atoms in total. The molecule has 31 heavy (non-hydrogen) atoms. The van der Waals surface area contributed by atoms with Gasteiger partial charge in [0.05, 0.1) is 13.7 Å². The fourth-order valence-corrected chi connectivity index (χ4v) is 3.50. The molecule has 1 atom stereocenters. The van der Waals surface area contributed by atoms with Crippen LogP contribution in [0.3, 0.4) is 0 Å². The summed E-state index contributed by atoms with van der Waals surface area (Å²) in [7, 11) is 1.44. The van der Waals surface area contributed by atoms with Gasteiger partial charge < -0.3 is 9.47 Å². The molecule has 0 amide bonds. The lowest BCUT2D eigenvalue weighted by Gasteiger charge is -2.19. The molecule has 0 aliphatic heterocycles. The Balaban J connectivity index is 1.50. The van der Waals surface area contributed by atoms with Gasteiger partial charge in [0, 0.05) is 13.0 Å². The number of rotatable bonds is 13. The lowest BCUT2D eigenvalue weighted by atomic mass is 10.0. The van der Waals surface area contributed by atoms with E-state index in [4.69, 9.17) is 4.74 Å². The number of hydrogen-bond acceptors (Lipinski definition) is 5. The molecule has 0 aliphatic carbocycles. The number of esters is 1. The van der Waals surface area contributed by atoms with Gasteiger partial charge >= 0.3 is 5.97 Å². The number of methoxy groups -OCH3 is 1. The summed E-state index contributed by atoms with van der Waals surface area (Å²) in [6.45, 7) is 1.32. The minimum Gasteiger partial charge on any atom is -0.469 e. The van der Waals surface area contributed by atoms with E-state index in [0.29, 0.717) is 19.6 Å². The highest BCUT2D eigenvalue weighted by molar-refractivity contribution is 5.69. The summed E-state index contributed by atoms with van der Waals surface area (Å²) in [5.41, 5.74) is 3.53. The van der Waals surface area contributed by atoms with Gasteiger partial charge in [-0.1, -0.05) is 73.9 Å². The summed E-state index contributed by atoms with van der Waals surface area (Å²) >= 11 is 0. The molecule has 6 heteroatoms. The van der Waals surface area contributed by atoms with Crippen LogP contribution >= 0.6 is 0 Å². The Bertz CT molecular complexity index is 880. The van der Waals surface area contributed by atoms with Crippen molar-refractivity contribution in [1.82, 2.24) is 14.8 Å². The van der Waals surface area contributed by atoms with Crippen molar-refractivity contribution in [1.29, 1.82) is 0 Å². The summed E-state index contributed by atoms with van der Waals surface area (Å²) in [6.07, 6.45) is 8.80. The van der Waals surface area contributed by atoms with Crippen LogP contribution in [0.1, 0.15) is 50.2 Å². The smallest absolute Gasteiger partial charge is 0.305 e. The van der Waals surface area contributed by atoms with Crippen molar-refractivity contribution in [2.45, 2.75) is 51.2 Å². The highest BCUT2D eigenvalue weighted by Crippen LogP contribution is 2.25. The Hall–Kier alpha value is -2.99. The first-order chi connectivity index (χ1) is 15.3. The number of carbonyl (C=O) groups is 1. The summed E-state index contributed by atoms with van der Waals surface area (Å²) in [4.78, 5) is 15.2. The van der Waals surface area contributed by atoms with Gasteiger partial charge in [0.15, 0.2) is 0 Å². The lowest BCUT2D eigenvalue weighted by molar-refractivity contribution is -0.140. The molecule has 0 fully saturated rings. The SMILES string of the molecule is COC(=O)CCCCCCCOC(Cn1cncn1)c1ccc(-c2ccccc2)cc1. The van der Waals surface area contributed by atoms with Crippen LogP contribution < -0.4 is 0 Å². The second-order valence-corrected chi connectivity index (χ2v) is 7.56. The van der Waals surface area contributed by atoms with Crippen molar-refractivity contribution in [3.8, 4) is 11.1 Å². The normalized spacial score (nSPS) is 11.9. The van der Waals surface area contributed by atoms with E-state index < -0.39 is 0 Å². The molecular weight excluding hydrogens is 390 g/mol. The average molecular weight is 422 g/mol. The second kappa shape index (κ2) is 12.6. The molecule has 0 bridgehead atoms. The van der Waals surface area contributed by atoms with Crippen LogP contribution in [0.15, 0.2) is 67.3 Å². The van der Waals surface area contributed by atoms with Gasteiger partial charge in [-0.3, -0.25) is 9.48 Å². The number of ether oxygens (including phenoxy) is 2. The van der Waals surface area contributed by atoms with E-state index in [9.17, 15) is 4.79 Å². The molecule has 0 saturated heterocycles. The number of unbranched alkanes of at least 4 members (excludes halogenated alkanes) is 4. The second-order valence-electron chi connectivity index (χ2n) is 7.56. The van der Waals surface area contributed by atoms with E-state index in [1.165, 1.54) is 18.2 Å². The first kappa shape index (κ1) is 22.7. The number of aromatic nitrogens is 3. The van der Waals surface area contributed by atoms with Crippen molar-refractivity contribution < 1.29 is 14.3 Å². The van der Waals surface area contributed by atoms with Gasteiger partial charge in [-0.25, -0.2) is 4.98 Å². The number of nitrogens with zero attached hydrogens (tertiary/aromatic N) is 3. The molecule has 0 spiro atoms. The third-order valence-corrected chi connectivity index (χ3v) is 5.28. The van der Waals surface area contributed by atoms with E-state index in [2.05, 4.69) is 63.4 Å². The Kier molecular flexibility index (Phi) is 9.26. The molecule has 0 saturated carbocycles. The van der Waals surface area contributed by atoms with Gasteiger partial charge in [0.25, 0.3) is 0 Å². The van der Waals surface area contributed by atoms with E-state index in [1.807, 2.05) is 10.7 Å². The average Bonchev–Trinajstić information content (AvgIpc) is 3.33. The number of carbonyl (C=O) groups excluding carboxylic acids is 1. The van der Waals surface area contributed by atoms with E-state index >= 15 is 0 Å². The maximum atomic E-state index is 11.1. The molecule has 1 unspecified atom stereocenters. The predicted octanol–water partition coefficient (Wildman–Crippen LogP) is 5.22. The molecule has 1 aromatic heterocycles. The van der Waals surface area contributed by atoms with Crippen molar-refractivity contribution in [2.75, 3.05) is 13.7 Å². The molecule has 164 valence electrons. The largest absolute Gasteiger partial charge is 0.469 e. The maximum Gasteiger partial charge on any atom is 0.305 e.